The highest BCUT2D eigenvalue weighted by molar-refractivity contribution is 7.97. The Morgan fingerprint density at radius 2 is 2.11 bits per heavy atom. The van der Waals surface area contributed by atoms with Gasteiger partial charge in [0.2, 0.25) is 0 Å². The van der Waals surface area contributed by atoms with E-state index in [1.165, 1.54) is 0 Å². The summed E-state index contributed by atoms with van der Waals surface area (Å²) in [6, 6.07) is 3.36. The maximum Gasteiger partial charge on any atom is 0.287 e. The van der Waals surface area contributed by atoms with Crippen molar-refractivity contribution in [3.05, 3.63) is 23.7 Å². The summed E-state index contributed by atoms with van der Waals surface area (Å²) in [5.74, 6) is 1.81. The molecule has 0 aliphatic carbocycles. The van der Waals surface area contributed by atoms with Gasteiger partial charge in [-0.25, -0.2) is 8.42 Å². The van der Waals surface area contributed by atoms with E-state index in [4.69, 9.17) is 4.42 Å². The quantitative estimate of drug-likeness (QED) is 0.911. The molecule has 1 aliphatic heterocycles. The highest BCUT2D eigenvalue weighted by Crippen LogP contribution is 2.16. The third-order valence-corrected chi connectivity index (χ3v) is 5.35. The van der Waals surface area contributed by atoms with Gasteiger partial charge in [0.1, 0.15) is 15.6 Å². The third-order valence-electron chi connectivity index (χ3n) is 3.06. The molecule has 0 spiro atoms. The summed E-state index contributed by atoms with van der Waals surface area (Å²) in [5, 5.41) is 2.82. The standard InChI is InChI=1S/C12H17NO4S2/c1-18-8-10-2-3-11(17-10)12(14)13-9-4-6-19(15,16)7-5-9/h2-3,9H,4-8H2,1H3,(H,13,14). The molecular formula is C12H17NO4S2. The molecule has 0 saturated carbocycles. The van der Waals surface area contributed by atoms with Crippen molar-refractivity contribution in [2.24, 2.45) is 0 Å². The molecule has 1 fully saturated rings. The third kappa shape index (κ3) is 4.01. The molecule has 5 nitrogen and oxygen atoms in total. The van der Waals surface area contributed by atoms with Gasteiger partial charge in [-0.05, 0) is 31.2 Å². The van der Waals surface area contributed by atoms with E-state index in [2.05, 4.69) is 5.32 Å². The summed E-state index contributed by atoms with van der Waals surface area (Å²) in [7, 11) is -2.90. The van der Waals surface area contributed by atoms with E-state index in [-0.39, 0.29) is 29.2 Å². The zero-order valence-corrected chi connectivity index (χ0v) is 12.4. The lowest BCUT2D eigenvalue weighted by atomic mass is 10.1. The minimum absolute atomic E-state index is 0.0786. The number of thioether (sulfide) groups is 1. The Kier molecular flexibility index (Phi) is 4.57. The van der Waals surface area contributed by atoms with E-state index < -0.39 is 9.84 Å². The Hall–Kier alpha value is -0.950. The molecule has 1 aromatic heterocycles. The Labute approximate surface area is 117 Å². The van der Waals surface area contributed by atoms with Crippen LogP contribution in [0.1, 0.15) is 29.2 Å². The van der Waals surface area contributed by atoms with Crippen LogP contribution in [0.25, 0.3) is 0 Å². The average Bonchev–Trinajstić information content (AvgIpc) is 2.81. The lowest BCUT2D eigenvalue weighted by Gasteiger charge is -2.22. The molecule has 19 heavy (non-hydrogen) atoms. The maximum absolute atomic E-state index is 11.9. The molecule has 0 radical (unpaired) electrons. The Morgan fingerprint density at radius 3 is 2.74 bits per heavy atom. The Bertz CT molecular complexity index is 536. The molecule has 2 rings (SSSR count). The van der Waals surface area contributed by atoms with Crippen LogP contribution in [0.4, 0.5) is 0 Å². The Balaban J connectivity index is 1.90. The van der Waals surface area contributed by atoms with Crippen LogP contribution in [-0.4, -0.2) is 38.1 Å². The summed E-state index contributed by atoms with van der Waals surface area (Å²) < 4.78 is 28.0. The fraction of sp³-hybridized carbons (Fsp3) is 0.583. The fourth-order valence-corrected chi connectivity index (χ4v) is 3.94. The number of sulfone groups is 1. The molecule has 1 amide bonds. The van der Waals surface area contributed by atoms with E-state index in [0.717, 1.165) is 11.5 Å². The van der Waals surface area contributed by atoms with Crippen LogP contribution < -0.4 is 5.32 Å². The lowest BCUT2D eigenvalue weighted by molar-refractivity contribution is 0.0905. The maximum atomic E-state index is 11.9. The first-order valence-electron chi connectivity index (χ1n) is 6.09. The topological polar surface area (TPSA) is 76.4 Å². The monoisotopic (exact) mass is 303 g/mol. The summed E-state index contributed by atoms with van der Waals surface area (Å²) in [6.45, 7) is 0. The van der Waals surface area contributed by atoms with Crippen molar-refractivity contribution in [2.45, 2.75) is 24.6 Å². The van der Waals surface area contributed by atoms with Crippen molar-refractivity contribution in [3.63, 3.8) is 0 Å². The number of nitrogens with one attached hydrogen (secondary N) is 1. The second kappa shape index (κ2) is 6.00. The number of carbonyl (C=O) groups excluding carboxylic acids is 1. The highest BCUT2D eigenvalue weighted by Gasteiger charge is 2.25. The van der Waals surface area contributed by atoms with Gasteiger partial charge in [0, 0.05) is 6.04 Å². The first-order chi connectivity index (χ1) is 9.00. The number of carbonyl (C=O) groups is 1. The van der Waals surface area contributed by atoms with Crippen molar-refractivity contribution >= 4 is 27.5 Å². The van der Waals surface area contributed by atoms with Crippen LogP contribution in [0.3, 0.4) is 0 Å². The zero-order chi connectivity index (χ0) is 13.9. The molecule has 106 valence electrons. The summed E-state index contributed by atoms with van der Waals surface area (Å²) in [4.78, 5) is 11.9. The summed E-state index contributed by atoms with van der Waals surface area (Å²) in [5.41, 5.74) is 0. The molecule has 1 N–H and O–H groups in total. The number of amides is 1. The van der Waals surface area contributed by atoms with Crippen molar-refractivity contribution in [1.29, 1.82) is 0 Å². The zero-order valence-electron chi connectivity index (χ0n) is 10.7. The lowest BCUT2D eigenvalue weighted by Crippen LogP contribution is -2.40. The minimum Gasteiger partial charge on any atom is -0.455 e. The van der Waals surface area contributed by atoms with E-state index in [9.17, 15) is 13.2 Å². The van der Waals surface area contributed by atoms with E-state index in [1.54, 1.807) is 23.9 Å². The van der Waals surface area contributed by atoms with Crippen molar-refractivity contribution in [3.8, 4) is 0 Å². The van der Waals surface area contributed by atoms with Gasteiger partial charge < -0.3 is 9.73 Å². The highest BCUT2D eigenvalue weighted by atomic mass is 32.2. The molecule has 7 heteroatoms. The van der Waals surface area contributed by atoms with Gasteiger partial charge in [-0.15, -0.1) is 0 Å². The molecule has 0 aromatic carbocycles. The molecule has 1 aliphatic rings. The number of furan rings is 1. The van der Waals surface area contributed by atoms with Gasteiger partial charge in [-0.3, -0.25) is 4.79 Å². The molecule has 0 bridgehead atoms. The van der Waals surface area contributed by atoms with E-state index in [0.29, 0.717) is 12.8 Å². The minimum atomic E-state index is -2.90. The van der Waals surface area contributed by atoms with Gasteiger partial charge in [0.05, 0.1) is 17.3 Å². The molecule has 1 aromatic rings. The van der Waals surface area contributed by atoms with Crippen LogP contribution in [0.5, 0.6) is 0 Å². The molecule has 0 atom stereocenters. The van der Waals surface area contributed by atoms with Gasteiger partial charge in [-0.1, -0.05) is 0 Å². The normalized spacial score (nSPS) is 19.2. The molecule has 0 unspecified atom stereocenters. The first-order valence-corrected chi connectivity index (χ1v) is 9.30. The van der Waals surface area contributed by atoms with Crippen LogP contribution in [0, 0.1) is 0 Å². The average molecular weight is 303 g/mol. The van der Waals surface area contributed by atoms with Gasteiger partial charge in [0.25, 0.3) is 5.91 Å². The predicted molar refractivity (Wildman–Crippen MR) is 75.1 cm³/mol. The Morgan fingerprint density at radius 1 is 1.42 bits per heavy atom. The molecular weight excluding hydrogens is 286 g/mol. The smallest absolute Gasteiger partial charge is 0.287 e. The second-order valence-electron chi connectivity index (χ2n) is 4.60. The summed E-state index contributed by atoms with van der Waals surface area (Å²) in [6.07, 6.45) is 2.92. The van der Waals surface area contributed by atoms with Gasteiger partial charge >= 0.3 is 0 Å². The summed E-state index contributed by atoms with van der Waals surface area (Å²) >= 11 is 1.62. The van der Waals surface area contributed by atoms with Gasteiger partial charge in [-0.2, -0.15) is 11.8 Å². The van der Waals surface area contributed by atoms with Crippen LogP contribution in [0.2, 0.25) is 0 Å². The fourth-order valence-electron chi connectivity index (χ4n) is 2.01. The van der Waals surface area contributed by atoms with E-state index in [1.807, 2.05) is 6.26 Å². The van der Waals surface area contributed by atoms with Crippen LogP contribution >= 0.6 is 11.8 Å². The molecule has 1 saturated heterocycles. The van der Waals surface area contributed by atoms with Crippen molar-refractivity contribution in [1.82, 2.24) is 5.32 Å². The van der Waals surface area contributed by atoms with Crippen molar-refractivity contribution < 1.29 is 17.6 Å². The van der Waals surface area contributed by atoms with Crippen LogP contribution in [-0.2, 0) is 15.6 Å². The van der Waals surface area contributed by atoms with E-state index >= 15 is 0 Å². The second-order valence-corrected chi connectivity index (χ2v) is 7.77. The van der Waals surface area contributed by atoms with Crippen molar-refractivity contribution in [2.75, 3.05) is 17.8 Å². The van der Waals surface area contributed by atoms with Crippen LogP contribution in [0.15, 0.2) is 16.5 Å². The predicted octanol–water partition coefficient (Wildman–Crippen LogP) is 1.45. The number of hydrogen-bond acceptors (Lipinski definition) is 5. The largest absolute Gasteiger partial charge is 0.455 e. The van der Waals surface area contributed by atoms with Gasteiger partial charge in [0.15, 0.2) is 5.76 Å². The number of hydrogen-bond donors (Lipinski definition) is 1. The first kappa shape index (κ1) is 14.5. The SMILES string of the molecule is CSCc1ccc(C(=O)NC2CCS(=O)(=O)CC2)o1. The number of rotatable bonds is 4. The molecule has 2 heterocycles.